The molecule has 2 aromatic rings. The van der Waals surface area contributed by atoms with E-state index >= 15 is 0 Å². The quantitative estimate of drug-likeness (QED) is 0.588. The Balaban J connectivity index is 1.76. The molecule has 0 aliphatic carbocycles. The number of carbonyl (C=O) groups excluding carboxylic acids is 3. The van der Waals surface area contributed by atoms with Crippen molar-refractivity contribution in [1.82, 2.24) is 10.2 Å². The van der Waals surface area contributed by atoms with Gasteiger partial charge in [0.25, 0.3) is 11.8 Å². The molecule has 0 bridgehead atoms. The van der Waals surface area contributed by atoms with Gasteiger partial charge in [0.05, 0.1) is 27.1 Å². The number of rotatable bonds is 7. The molecule has 2 heterocycles. The van der Waals surface area contributed by atoms with Gasteiger partial charge in [-0.05, 0) is 44.4 Å². The van der Waals surface area contributed by atoms with Gasteiger partial charge in [-0.15, -0.1) is 11.3 Å². The highest BCUT2D eigenvalue weighted by molar-refractivity contribution is 7.18. The smallest absolute Gasteiger partial charge is 0.370 e. The highest BCUT2D eigenvalue weighted by Crippen LogP contribution is 2.38. The van der Waals surface area contributed by atoms with Gasteiger partial charge in [0.2, 0.25) is 5.91 Å². The van der Waals surface area contributed by atoms with Crippen molar-refractivity contribution in [2.75, 3.05) is 50.6 Å². The molecule has 1 atom stereocenters. The summed E-state index contributed by atoms with van der Waals surface area (Å²) < 4.78 is 46.7. The Bertz CT molecular complexity index is 1080. The van der Waals surface area contributed by atoms with Crippen LogP contribution in [-0.4, -0.2) is 69.1 Å². The van der Waals surface area contributed by atoms with E-state index in [1.165, 1.54) is 11.0 Å². The van der Waals surface area contributed by atoms with Gasteiger partial charge in [-0.25, -0.2) is 0 Å². The summed E-state index contributed by atoms with van der Waals surface area (Å²) in [6.45, 7) is -0.274. The molecular formula is C21H22ClF3N4O4S. The summed E-state index contributed by atoms with van der Waals surface area (Å²) >= 11 is 6.91. The zero-order chi connectivity index (χ0) is 25.0. The number of carbonyl (C=O) groups is 3. The van der Waals surface area contributed by atoms with Crippen LogP contribution in [0.5, 0.6) is 0 Å². The summed E-state index contributed by atoms with van der Waals surface area (Å²) in [5, 5.41) is 5.09. The summed E-state index contributed by atoms with van der Waals surface area (Å²) in [7, 11) is 3.21. The standard InChI is InChI=1S/C21H22ClF3N4O4S/c1-28(2)15(10-26-20(32)16-5-6-17(22)34-16)19(31)27-12-3-4-14(13(9-12)21(23,24)25)29-7-8-33-11-18(29)30/h3-6,9,15H,7-8,10-11H2,1-2H3,(H,26,32)(H,27,31)/t15-/m1/s1. The number of thiophene rings is 1. The molecule has 1 aliphatic heterocycles. The lowest BCUT2D eigenvalue weighted by Gasteiger charge is -2.29. The SMILES string of the molecule is CN(C)[C@H](CNC(=O)c1ccc(Cl)s1)C(=O)Nc1ccc(N2CCOCC2=O)c(C(F)(F)F)c1. The number of nitrogens with one attached hydrogen (secondary N) is 2. The number of anilines is 2. The highest BCUT2D eigenvalue weighted by atomic mass is 35.5. The van der Waals surface area contributed by atoms with Crippen LogP contribution in [0.3, 0.4) is 0 Å². The first-order chi connectivity index (χ1) is 16.0. The Morgan fingerprint density at radius 1 is 1.26 bits per heavy atom. The molecule has 2 N–H and O–H groups in total. The Hall–Kier alpha value is -2.67. The Labute approximate surface area is 202 Å². The number of ether oxygens (including phenoxy) is 1. The number of hydrogen-bond acceptors (Lipinski definition) is 6. The molecule has 1 aromatic heterocycles. The molecule has 0 unspecified atom stereocenters. The van der Waals surface area contributed by atoms with Crippen LogP contribution in [0.4, 0.5) is 24.5 Å². The number of likely N-dealkylation sites (N-methyl/N-ethyl adjacent to an activating group) is 1. The zero-order valence-corrected chi connectivity index (χ0v) is 19.8. The number of hydrogen-bond donors (Lipinski definition) is 2. The fraction of sp³-hybridized carbons (Fsp3) is 0.381. The summed E-state index contributed by atoms with van der Waals surface area (Å²) in [6.07, 6.45) is -4.76. The van der Waals surface area contributed by atoms with E-state index in [9.17, 15) is 27.6 Å². The second kappa shape index (κ2) is 10.7. The maximum Gasteiger partial charge on any atom is 0.418 e. The lowest BCUT2D eigenvalue weighted by molar-refractivity contribution is -0.137. The zero-order valence-electron chi connectivity index (χ0n) is 18.2. The molecule has 1 aromatic carbocycles. The van der Waals surface area contributed by atoms with Crippen molar-refractivity contribution in [2.24, 2.45) is 0 Å². The van der Waals surface area contributed by atoms with Crippen molar-refractivity contribution in [2.45, 2.75) is 12.2 Å². The van der Waals surface area contributed by atoms with Crippen LogP contribution in [0, 0.1) is 0 Å². The minimum absolute atomic E-state index is 0.00846. The average molecular weight is 519 g/mol. The molecule has 184 valence electrons. The van der Waals surface area contributed by atoms with E-state index in [0.29, 0.717) is 9.21 Å². The van der Waals surface area contributed by atoms with Gasteiger partial charge in [0.1, 0.15) is 12.6 Å². The molecule has 1 saturated heterocycles. The first-order valence-electron chi connectivity index (χ1n) is 10.1. The molecule has 0 spiro atoms. The van der Waals surface area contributed by atoms with Crippen LogP contribution >= 0.6 is 22.9 Å². The molecule has 0 saturated carbocycles. The predicted molar refractivity (Wildman–Crippen MR) is 122 cm³/mol. The largest absolute Gasteiger partial charge is 0.418 e. The van der Waals surface area contributed by atoms with Crippen molar-refractivity contribution in [3.05, 3.63) is 45.1 Å². The molecule has 1 fully saturated rings. The molecule has 3 rings (SSSR count). The Morgan fingerprint density at radius 3 is 2.59 bits per heavy atom. The maximum absolute atomic E-state index is 13.8. The lowest BCUT2D eigenvalue weighted by atomic mass is 10.1. The number of alkyl halides is 3. The van der Waals surface area contributed by atoms with Crippen LogP contribution < -0.4 is 15.5 Å². The third-order valence-corrected chi connectivity index (χ3v) is 6.25. The van der Waals surface area contributed by atoms with Gasteiger partial charge >= 0.3 is 6.18 Å². The summed E-state index contributed by atoms with van der Waals surface area (Å²) in [5.74, 6) is -1.61. The maximum atomic E-state index is 13.8. The molecule has 34 heavy (non-hydrogen) atoms. The fourth-order valence-corrected chi connectivity index (χ4v) is 4.26. The van der Waals surface area contributed by atoms with E-state index in [2.05, 4.69) is 10.6 Å². The monoisotopic (exact) mass is 518 g/mol. The third kappa shape index (κ3) is 6.26. The van der Waals surface area contributed by atoms with E-state index in [1.54, 1.807) is 26.2 Å². The number of nitrogens with zero attached hydrogens (tertiary/aromatic N) is 2. The number of amides is 3. The van der Waals surface area contributed by atoms with Crippen molar-refractivity contribution in [3.63, 3.8) is 0 Å². The van der Waals surface area contributed by atoms with Gasteiger partial charge in [0, 0.05) is 18.8 Å². The van der Waals surface area contributed by atoms with Crippen molar-refractivity contribution in [1.29, 1.82) is 0 Å². The second-order valence-electron chi connectivity index (χ2n) is 7.61. The predicted octanol–water partition coefficient (Wildman–Crippen LogP) is 3.08. The summed E-state index contributed by atoms with van der Waals surface area (Å²) in [5.41, 5.74) is -1.44. The summed E-state index contributed by atoms with van der Waals surface area (Å²) in [6, 6.07) is 5.48. The van der Waals surface area contributed by atoms with Gasteiger partial charge in [-0.1, -0.05) is 11.6 Å². The minimum atomic E-state index is -4.76. The average Bonchev–Trinajstić information content (AvgIpc) is 3.20. The second-order valence-corrected chi connectivity index (χ2v) is 9.33. The van der Waals surface area contributed by atoms with E-state index in [-0.39, 0.29) is 37.7 Å². The van der Waals surface area contributed by atoms with Gasteiger partial charge in [0.15, 0.2) is 0 Å². The highest BCUT2D eigenvalue weighted by Gasteiger charge is 2.37. The molecular weight excluding hydrogens is 497 g/mol. The number of halogens is 4. The van der Waals surface area contributed by atoms with Crippen LogP contribution in [0.15, 0.2) is 30.3 Å². The van der Waals surface area contributed by atoms with Crippen molar-refractivity contribution >= 4 is 52.0 Å². The minimum Gasteiger partial charge on any atom is -0.370 e. The normalized spacial score (nSPS) is 15.4. The first-order valence-corrected chi connectivity index (χ1v) is 11.3. The van der Waals surface area contributed by atoms with Crippen molar-refractivity contribution in [3.8, 4) is 0 Å². The van der Waals surface area contributed by atoms with Crippen molar-refractivity contribution < 1.29 is 32.3 Å². The fourth-order valence-electron chi connectivity index (χ4n) is 3.30. The van der Waals surface area contributed by atoms with Crippen LogP contribution in [-0.2, 0) is 20.5 Å². The molecule has 8 nitrogen and oxygen atoms in total. The van der Waals surface area contributed by atoms with E-state index in [4.69, 9.17) is 16.3 Å². The van der Waals surface area contributed by atoms with E-state index < -0.39 is 35.5 Å². The first kappa shape index (κ1) is 25.9. The van der Waals surface area contributed by atoms with Gasteiger partial charge < -0.3 is 20.3 Å². The Kier molecular flexibility index (Phi) is 8.18. The number of morpholine rings is 1. The summed E-state index contributed by atoms with van der Waals surface area (Å²) in [4.78, 5) is 40.0. The van der Waals surface area contributed by atoms with E-state index in [1.807, 2.05) is 0 Å². The topological polar surface area (TPSA) is 91.0 Å². The van der Waals surface area contributed by atoms with Gasteiger partial charge in [-0.2, -0.15) is 13.2 Å². The lowest BCUT2D eigenvalue weighted by Crippen LogP contribution is -2.47. The van der Waals surface area contributed by atoms with Crippen LogP contribution in [0.2, 0.25) is 4.34 Å². The van der Waals surface area contributed by atoms with Crippen LogP contribution in [0.1, 0.15) is 15.2 Å². The van der Waals surface area contributed by atoms with E-state index in [0.717, 1.165) is 28.4 Å². The van der Waals surface area contributed by atoms with Gasteiger partial charge in [-0.3, -0.25) is 19.3 Å². The molecule has 3 amide bonds. The third-order valence-electron chi connectivity index (χ3n) is 5.03. The Morgan fingerprint density at radius 2 is 2.00 bits per heavy atom. The molecule has 1 aliphatic rings. The molecule has 13 heteroatoms. The number of benzene rings is 1. The van der Waals surface area contributed by atoms with Crippen LogP contribution in [0.25, 0.3) is 0 Å². The molecule has 0 radical (unpaired) electrons.